The van der Waals surface area contributed by atoms with Gasteiger partial charge in [0, 0.05) is 29.7 Å². The zero-order valence-electron chi connectivity index (χ0n) is 21.7. The number of non-ortho nitro benzene ring substituents is 1. The van der Waals surface area contributed by atoms with Crippen molar-refractivity contribution in [2.45, 2.75) is 44.3 Å². The Labute approximate surface area is 232 Å². The minimum absolute atomic E-state index is 0.0160. The van der Waals surface area contributed by atoms with Gasteiger partial charge in [0.05, 0.1) is 15.5 Å². The van der Waals surface area contributed by atoms with Crippen LogP contribution in [0.4, 0.5) is 11.4 Å². The van der Waals surface area contributed by atoms with Gasteiger partial charge in [0.2, 0.25) is 11.8 Å². The van der Waals surface area contributed by atoms with E-state index in [4.69, 9.17) is 11.6 Å². The molecule has 3 aromatic carbocycles. The Morgan fingerprint density at radius 3 is 2.08 bits per heavy atom. The number of benzene rings is 3. The summed E-state index contributed by atoms with van der Waals surface area (Å²) in [5.74, 6) is -1.05. The molecule has 0 spiro atoms. The van der Waals surface area contributed by atoms with Gasteiger partial charge in [-0.1, -0.05) is 41.9 Å². The van der Waals surface area contributed by atoms with Crippen LogP contribution in [0.3, 0.4) is 0 Å². The monoisotopic (exact) mass is 572 g/mol. The number of nitro benzene ring substituents is 1. The third kappa shape index (κ3) is 7.55. The fourth-order valence-corrected chi connectivity index (χ4v) is 5.32. The highest BCUT2D eigenvalue weighted by Gasteiger charge is 2.32. The summed E-state index contributed by atoms with van der Waals surface area (Å²) in [7, 11) is -4.26. The minimum Gasteiger partial charge on any atom is -0.352 e. The molecule has 0 bridgehead atoms. The summed E-state index contributed by atoms with van der Waals surface area (Å²) in [5, 5.41) is 14.4. The number of carbonyl (C=O) groups is 2. The average molecular weight is 573 g/mol. The van der Waals surface area contributed by atoms with E-state index in [1.54, 1.807) is 63.2 Å². The number of rotatable bonds is 11. The molecule has 10 nitrogen and oxygen atoms in total. The lowest BCUT2D eigenvalue weighted by Crippen LogP contribution is -2.52. The highest BCUT2D eigenvalue weighted by atomic mass is 35.5. The fraction of sp³-hybridized carbons (Fsp3) is 0.259. The average Bonchev–Trinajstić information content (AvgIpc) is 2.91. The van der Waals surface area contributed by atoms with Crippen molar-refractivity contribution in [3.8, 4) is 0 Å². The number of nitrogens with zero attached hydrogens (tertiary/aromatic N) is 3. The number of nitro groups is 1. The highest BCUT2D eigenvalue weighted by molar-refractivity contribution is 7.92. The molecule has 0 heterocycles. The molecule has 12 heteroatoms. The second-order valence-corrected chi connectivity index (χ2v) is 11.4. The number of hydrogen-bond donors (Lipinski definition) is 1. The summed E-state index contributed by atoms with van der Waals surface area (Å²) in [5.41, 5.74) is 0.513. The van der Waals surface area contributed by atoms with Crippen molar-refractivity contribution >= 4 is 44.8 Å². The first-order valence-corrected chi connectivity index (χ1v) is 13.9. The summed E-state index contributed by atoms with van der Waals surface area (Å²) < 4.78 is 28.2. The lowest BCUT2D eigenvalue weighted by atomic mass is 10.1. The molecule has 0 aliphatic heterocycles. The van der Waals surface area contributed by atoms with Gasteiger partial charge in [-0.3, -0.25) is 24.0 Å². The maximum atomic E-state index is 13.8. The topological polar surface area (TPSA) is 130 Å². The van der Waals surface area contributed by atoms with Crippen molar-refractivity contribution < 1.29 is 22.9 Å². The Kier molecular flexibility index (Phi) is 9.66. The third-order valence-electron chi connectivity index (χ3n) is 5.82. The standard InChI is InChI=1S/C27H29ClN4O6S/c1-19(2)29-27(34)20(3)30(17-21-9-11-22(28)12-10-21)26(33)18-31(23-13-15-24(16-14-23)32(35)36)39(37,38)25-7-5-4-6-8-25/h4-16,19-20H,17-18H2,1-3H3,(H,29,34). The number of carbonyl (C=O) groups excluding carboxylic acids is 2. The Morgan fingerprint density at radius 1 is 0.949 bits per heavy atom. The van der Waals surface area contributed by atoms with Crippen molar-refractivity contribution in [1.29, 1.82) is 0 Å². The Morgan fingerprint density at radius 2 is 1.54 bits per heavy atom. The quantitative estimate of drug-likeness (QED) is 0.268. The molecule has 1 N–H and O–H groups in total. The van der Waals surface area contributed by atoms with Crippen molar-refractivity contribution in [3.05, 3.63) is 99.6 Å². The molecule has 0 aliphatic carbocycles. The van der Waals surface area contributed by atoms with Crippen LogP contribution in [-0.2, 0) is 26.2 Å². The van der Waals surface area contributed by atoms with Crippen LogP contribution in [0.5, 0.6) is 0 Å². The van der Waals surface area contributed by atoms with Crippen LogP contribution in [0.2, 0.25) is 5.02 Å². The molecule has 3 rings (SSSR count). The summed E-state index contributed by atoms with van der Waals surface area (Å²) in [4.78, 5) is 38.5. The van der Waals surface area contributed by atoms with Crippen LogP contribution >= 0.6 is 11.6 Å². The van der Waals surface area contributed by atoms with E-state index >= 15 is 0 Å². The zero-order valence-corrected chi connectivity index (χ0v) is 23.2. The van der Waals surface area contributed by atoms with E-state index in [1.165, 1.54) is 29.2 Å². The number of nitrogens with one attached hydrogen (secondary N) is 1. The van der Waals surface area contributed by atoms with E-state index in [1.807, 2.05) is 0 Å². The van der Waals surface area contributed by atoms with Gasteiger partial charge in [-0.2, -0.15) is 0 Å². The largest absolute Gasteiger partial charge is 0.352 e. The molecular formula is C27H29ClN4O6S. The van der Waals surface area contributed by atoms with Crippen molar-refractivity contribution in [2.24, 2.45) is 0 Å². The summed E-state index contributed by atoms with van der Waals surface area (Å²) in [6, 6.07) is 18.0. The van der Waals surface area contributed by atoms with Crippen LogP contribution in [0.25, 0.3) is 0 Å². The van der Waals surface area contributed by atoms with Gasteiger partial charge in [0.1, 0.15) is 12.6 Å². The van der Waals surface area contributed by atoms with Gasteiger partial charge in [-0.05, 0) is 62.7 Å². The Bertz CT molecular complexity index is 1410. The molecule has 1 atom stereocenters. The summed E-state index contributed by atoms with van der Waals surface area (Å²) in [6.45, 7) is 4.51. The molecule has 0 saturated heterocycles. The van der Waals surface area contributed by atoms with Gasteiger partial charge in [-0.15, -0.1) is 0 Å². The summed E-state index contributed by atoms with van der Waals surface area (Å²) in [6.07, 6.45) is 0. The van der Waals surface area contributed by atoms with Gasteiger partial charge in [0.25, 0.3) is 15.7 Å². The van der Waals surface area contributed by atoms with Crippen molar-refractivity contribution in [3.63, 3.8) is 0 Å². The number of halogens is 1. The molecular weight excluding hydrogens is 544 g/mol. The zero-order chi connectivity index (χ0) is 28.7. The fourth-order valence-electron chi connectivity index (χ4n) is 3.76. The SMILES string of the molecule is CC(C)NC(=O)C(C)N(Cc1ccc(Cl)cc1)C(=O)CN(c1ccc([N+](=O)[O-])cc1)S(=O)(=O)c1ccccc1. The van der Waals surface area contributed by atoms with Gasteiger partial charge in [0.15, 0.2) is 0 Å². The van der Waals surface area contributed by atoms with Gasteiger partial charge in [-0.25, -0.2) is 8.42 Å². The van der Waals surface area contributed by atoms with Crippen LogP contribution < -0.4 is 9.62 Å². The Balaban J connectivity index is 2.03. The molecule has 0 radical (unpaired) electrons. The highest BCUT2D eigenvalue weighted by Crippen LogP contribution is 2.26. The van der Waals surface area contributed by atoms with Crippen LogP contribution in [0, 0.1) is 10.1 Å². The van der Waals surface area contributed by atoms with Crippen LogP contribution in [0.1, 0.15) is 26.3 Å². The van der Waals surface area contributed by atoms with E-state index in [0.29, 0.717) is 10.6 Å². The molecule has 0 aliphatic rings. The second kappa shape index (κ2) is 12.7. The number of hydrogen-bond acceptors (Lipinski definition) is 6. The molecule has 1 unspecified atom stereocenters. The summed E-state index contributed by atoms with van der Waals surface area (Å²) >= 11 is 6.00. The molecule has 2 amide bonds. The minimum atomic E-state index is -4.26. The van der Waals surface area contributed by atoms with Crippen LogP contribution in [-0.4, -0.2) is 48.7 Å². The predicted molar refractivity (Wildman–Crippen MR) is 149 cm³/mol. The van der Waals surface area contributed by atoms with Gasteiger partial charge < -0.3 is 10.2 Å². The molecule has 206 valence electrons. The first-order valence-electron chi connectivity index (χ1n) is 12.1. The van der Waals surface area contributed by atoms with E-state index in [9.17, 15) is 28.1 Å². The van der Waals surface area contributed by atoms with Crippen molar-refractivity contribution in [1.82, 2.24) is 10.2 Å². The smallest absolute Gasteiger partial charge is 0.269 e. The lowest BCUT2D eigenvalue weighted by molar-refractivity contribution is -0.384. The lowest BCUT2D eigenvalue weighted by Gasteiger charge is -2.32. The molecule has 39 heavy (non-hydrogen) atoms. The maximum absolute atomic E-state index is 13.8. The predicted octanol–water partition coefficient (Wildman–Crippen LogP) is 4.39. The first kappa shape index (κ1) is 29.6. The first-order chi connectivity index (χ1) is 18.4. The van der Waals surface area contributed by atoms with Crippen molar-refractivity contribution in [2.75, 3.05) is 10.8 Å². The molecule has 3 aromatic rings. The van der Waals surface area contributed by atoms with E-state index in [0.717, 1.165) is 16.4 Å². The third-order valence-corrected chi connectivity index (χ3v) is 7.86. The molecule has 0 aromatic heterocycles. The van der Waals surface area contributed by atoms with Crippen LogP contribution in [0.15, 0.2) is 83.8 Å². The van der Waals surface area contributed by atoms with E-state index in [2.05, 4.69) is 5.32 Å². The molecule has 0 saturated carbocycles. The number of anilines is 1. The number of sulfonamides is 1. The normalized spacial score (nSPS) is 12.0. The Hall–Kier alpha value is -3.96. The second-order valence-electron chi connectivity index (χ2n) is 9.09. The number of amides is 2. The molecule has 0 fully saturated rings. The maximum Gasteiger partial charge on any atom is 0.269 e. The van der Waals surface area contributed by atoms with Gasteiger partial charge >= 0.3 is 0 Å². The van der Waals surface area contributed by atoms with E-state index in [-0.39, 0.29) is 28.9 Å². The van der Waals surface area contributed by atoms with E-state index < -0.39 is 39.3 Å².